The Bertz CT molecular complexity index is 457. The van der Waals surface area contributed by atoms with Crippen molar-refractivity contribution in [3.63, 3.8) is 0 Å². The molecule has 0 fully saturated rings. The predicted octanol–water partition coefficient (Wildman–Crippen LogP) is 0.336. The molecule has 0 aliphatic heterocycles. The Morgan fingerprint density at radius 1 is 1.39 bits per heavy atom. The number of aromatic nitrogens is 2. The first-order chi connectivity index (χ1) is 8.32. The minimum atomic E-state index is -0.997. The molecule has 0 radical (unpaired) electrons. The van der Waals surface area contributed by atoms with Crippen molar-refractivity contribution in [1.82, 2.24) is 15.3 Å². The average molecular weight is 270 g/mol. The molecule has 1 amide bonds. The van der Waals surface area contributed by atoms with E-state index < -0.39 is 16.7 Å². The van der Waals surface area contributed by atoms with Gasteiger partial charge in [0.25, 0.3) is 5.91 Å². The van der Waals surface area contributed by atoms with Gasteiger partial charge >= 0.3 is 0 Å². The second-order valence-corrected chi connectivity index (χ2v) is 7.03. The predicted molar refractivity (Wildman–Crippen MR) is 71.5 cm³/mol. The van der Waals surface area contributed by atoms with E-state index in [9.17, 15) is 9.00 Å². The van der Waals surface area contributed by atoms with Crippen LogP contribution in [0.1, 0.15) is 31.3 Å². The molecule has 1 heterocycles. The van der Waals surface area contributed by atoms with Gasteiger partial charge in [0, 0.05) is 40.2 Å². The van der Waals surface area contributed by atoms with Gasteiger partial charge in [-0.05, 0) is 20.8 Å². The molecule has 3 N–H and O–H groups in total. The first-order valence-electron chi connectivity index (χ1n) is 5.55. The molecule has 18 heavy (non-hydrogen) atoms. The van der Waals surface area contributed by atoms with Crippen LogP contribution in [0, 0.1) is 0 Å². The molecule has 6 nitrogen and oxygen atoms in total. The third kappa shape index (κ3) is 4.06. The van der Waals surface area contributed by atoms with Crippen molar-refractivity contribution in [2.45, 2.75) is 25.5 Å². The van der Waals surface area contributed by atoms with Gasteiger partial charge < -0.3 is 11.1 Å². The fourth-order valence-electron chi connectivity index (χ4n) is 1.17. The number of nitrogens with two attached hydrogens (primary N) is 1. The Kier molecular flexibility index (Phi) is 4.77. The second kappa shape index (κ2) is 5.90. The number of hydrogen-bond acceptors (Lipinski definition) is 5. The van der Waals surface area contributed by atoms with Gasteiger partial charge in [-0.25, -0.2) is 9.97 Å². The van der Waals surface area contributed by atoms with E-state index in [0.717, 1.165) is 0 Å². The third-order valence-electron chi connectivity index (χ3n) is 2.20. The van der Waals surface area contributed by atoms with E-state index in [0.29, 0.717) is 12.3 Å². The summed E-state index contributed by atoms with van der Waals surface area (Å²) in [6.45, 7) is 6.00. The van der Waals surface area contributed by atoms with Crippen LogP contribution >= 0.6 is 0 Å². The van der Waals surface area contributed by atoms with Gasteiger partial charge in [0.2, 0.25) is 0 Å². The van der Waals surface area contributed by atoms with Crippen LogP contribution in [0.2, 0.25) is 0 Å². The molecule has 0 bridgehead atoms. The molecule has 1 aromatic rings. The Morgan fingerprint density at radius 2 is 2.00 bits per heavy atom. The van der Waals surface area contributed by atoms with Crippen molar-refractivity contribution in [3.8, 4) is 0 Å². The molecule has 0 saturated carbocycles. The van der Waals surface area contributed by atoms with Gasteiger partial charge in [0.05, 0.1) is 0 Å². The highest BCUT2D eigenvalue weighted by Gasteiger charge is 2.19. The standard InChI is InChI=1S/C11H18N4O2S/c1-11(2,3)18(17)7-6-15-10(16)8-9(12)14-5-4-13-8/h4-5H,6-7H2,1-3H3,(H2,12,14)(H,15,16). The van der Waals surface area contributed by atoms with E-state index in [4.69, 9.17) is 5.73 Å². The number of amides is 1. The molecular weight excluding hydrogens is 252 g/mol. The zero-order valence-corrected chi connectivity index (χ0v) is 11.6. The molecule has 0 spiro atoms. The van der Waals surface area contributed by atoms with Crippen LogP contribution in [0.5, 0.6) is 0 Å². The minimum absolute atomic E-state index is 0.0898. The quantitative estimate of drug-likeness (QED) is 0.822. The van der Waals surface area contributed by atoms with Gasteiger partial charge in [-0.1, -0.05) is 0 Å². The lowest BCUT2D eigenvalue weighted by atomic mass is 10.3. The summed E-state index contributed by atoms with van der Waals surface area (Å²) < 4.78 is 11.5. The number of nitrogens with one attached hydrogen (secondary N) is 1. The first-order valence-corrected chi connectivity index (χ1v) is 6.87. The lowest BCUT2D eigenvalue weighted by Gasteiger charge is -2.17. The fourth-order valence-corrected chi connectivity index (χ4v) is 2.07. The van der Waals surface area contributed by atoms with Crippen molar-refractivity contribution in [2.24, 2.45) is 0 Å². The van der Waals surface area contributed by atoms with Crippen LogP contribution < -0.4 is 11.1 Å². The van der Waals surface area contributed by atoms with Gasteiger partial charge in [0.15, 0.2) is 11.5 Å². The van der Waals surface area contributed by atoms with Crippen molar-refractivity contribution in [3.05, 3.63) is 18.1 Å². The number of carbonyl (C=O) groups excluding carboxylic acids is 1. The molecule has 1 rings (SSSR count). The summed E-state index contributed by atoms with van der Waals surface area (Å²) in [4.78, 5) is 19.3. The van der Waals surface area contributed by atoms with Crippen molar-refractivity contribution < 1.29 is 9.00 Å². The highest BCUT2D eigenvalue weighted by atomic mass is 32.2. The van der Waals surface area contributed by atoms with Crippen LogP contribution in [-0.4, -0.2) is 37.1 Å². The van der Waals surface area contributed by atoms with E-state index in [1.54, 1.807) is 0 Å². The maximum Gasteiger partial charge on any atom is 0.273 e. The molecule has 0 saturated heterocycles. The van der Waals surface area contributed by atoms with E-state index >= 15 is 0 Å². The highest BCUT2D eigenvalue weighted by Crippen LogP contribution is 2.10. The molecule has 0 aliphatic carbocycles. The lowest BCUT2D eigenvalue weighted by Crippen LogP contribution is -2.33. The highest BCUT2D eigenvalue weighted by molar-refractivity contribution is 7.86. The monoisotopic (exact) mass is 270 g/mol. The molecule has 1 unspecified atom stereocenters. The zero-order valence-electron chi connectivity index (χ0n) is 10.8. The fraction of sp³-hybridized carbons (Fsp3) is 0.545. The van der Waals surface area contributed by atoms with E-state index in [-0.39, 0.29) is 16.3 Å². The van der Waals surface area contributed by atoms with Crippen LogP contribution in [0.4, 0.5) is 5.82 Å². The summed E-state index contributed by atoms with van der Waals surface area (Å²) in [6.07, 6.45) is 2.82. The van der Waals surface area contributed by atoms with Gasteiger partial charge in [-0.2, -0.15) is 0 Å². The molecule has 0 aliphatic rings. The first kappa shape index (κ1) is 14.6. The van der Waals surface area contributed by atoms with Gasteiger partial charge in [0.1, 0.15) is 0 Å². The Balaban J connectivity index is 2.49. The van der Waals surface area contributed by atoms with Crippen LogP contribution in [-0.2, 0) is 10.8 Å². The second-order valence-electron chi connectivity index (χ2n) is 4.71. The number of hydrogen-bond donors (Lipinski definition) is 2. The summed E-state index contributed by atoms with van der Waals surface area (Å²) in [5, 5.41) is 2.63. The maximum atomic E-state index is 11.8. The van der Waals surface area contributed by atoms with Gasteiger partial charge in [-0.15, -0.1) is 0 Å². The largest absolute Gasteiger partial charge is 0.382 e. The van der Waals surface area contributed by atoms with Crippen molar-refractivity contribution >= 4 is 22.5 Å². The summed E-state index contributed by atoms with van der Waals surface area (Å²) in [5.41, 5.74) is 5.62. The Labute approximate surface area is 109 Å². The molecular formula is C11H18N4O2S. The number of nitrogen functional groups attached to an aromatic ring is 1. The summed E-state index contributed by atoms with van der Waals surface area (Å²) in [6, 6.07) is 0. The van der Waals surface area contributed by atoms with Crippen molar-refractivity contribution in [2.75, 3.05) is 18.0 Å². The SMILES string of the molecule is CC(C)(C)S(=O)CCNC(=O)c1nccnc1N. The van der Waals surface area contributed by atoms with Crippen molar-refractivity contribution in [1.29, 1.82) is 0 Å². The maximum absolute atomic E-state index is 11.8. The number of anilines is 1. The van der Waals surface area contributed by atoms with Crippen LogP contribution in [0.3, 0.4) is 0 Å². The Hall–Kier alpha value is -1.50. The normalized spacial score (nSPS) is 13.1. The van der Waals surface area contributed by atoms with Crippen LogP contribution in [0.25, 0.3) is 0 Å². The molecule has 1 aromatic heterocycles. The summed E-state index contributed by atoms with van der Waals surface area (Å²) in [7, 11) is -0.997. The molecule has 1 atom stereocenters. The summed E-state index contributed by atoms with van der Waals surface area (Å²) in [5.74, 6) is 0.0912. The number of nitrogens with zero attached hydrogens (tertiary/aromatic N) is 2. The number of rotatable bonds is 4. The van der Waals surface area contributed by atoms with Gasteiger partial charge in [-0.3, -0.25) is 9.00 Å². The van der Waals surface area contributed by atoms with E-state index in [1.165, 1.54) is 12.4 Å². The summed E-state index contributed by atoms with van der Waals surface area (Å²) >= 11 is 0. The van der Waals surface area contributed by atoms with E-state index in [1.807, 2.05) is 20.8 Å². The number of carbonyl (C=O) groups is 1. The average Bonchev–Trinajstić information content (AvgIpc) is 2.28. The third-order valence-corrected chi connectivity index (χ3v) is 4.14. The molecule has 100 valence electrons. The zero-order chi connectivity index (χ0) is 13.8. The Morgan fingerprint density at radius 3 is 2.56 bits per heavy atom. The minimum Gasteiger partial charge on any atom is -0.382 e. The lowest BCUT2D eigenvalue weighted by molar-refractivity contribution is 0.0952. The van der Waals surface area contributed by atoms with E-state index in [2.05, 4.69) is 15.3 Å². The smallest absolute Gasteiger partial charge is 0.273 e. The molecule has 0 aromatic carbocycles. The van der Waals surface area contributed by atoms with Crippen LogP contribution in [0.15, 0.2) is 12.4 Å². The topological polar surface area (TPSA) is 98.0 Å². The molecule has 7 heteroatoms.